The Bertz CT molecular complexity index is 820. The maximum Gasteiger partial charge on any atom is 0.123 e. The average Bonchev–Trinajstić information content (AvgIpc) is 3.04. The maximum atomic E-state index is 13.3. The number of hydrogen-bond donors (Lipinski definition) is 2. The van der Waals surface area contributed by atoms with E-state index >= 15 is 0 Å². The van der Waals surface area contributed by atoms with Crippen molar-refractivity contribution in [2.75, 3.05) is 25.1 Å². The van der Waals surface area contributed by atoms with Crippen LogP contribution in [0.4, 0.5) is 10.2 Å². The number of aromatic amines is 1. The molecule has 0 atom stereocenters. The monoisotopic (exact) mass is 337 g/mol. The zero-order chi connectivity index (χ0) is 17.1. The van der Waals surface area contributed by atoms with Gasteiger partial charge in [0.2, 0.25) is 0 Å². The van der Waals surface area contributed by atoms with Crippen LogP contribution in [-0.2, 0) is 6.42 Å². The number of rotatable bonds is 5. The van der Waals surface area contributed by atoms with Gasteiger partial charge in [-0.25, -0.2) is 4.39 Å². The Balaban J connectivity index is 1.27. The van der Waals surface area contributed by atoms with Crippen molar-refractivity contribution in [1.29, 1.82) is 0 Å². The number of H-pyrrole nitrogens is 1. The summed E-state index contributed by atoms with van der Waals surface area (Å²) in [5.41, 5.74) is 2.41. The molecular weight excluding hydrogens is 313 g/mol. The van der Waals surface area contributed by atoms with Gasteiger partial charge in [-0.3, -0.25) is 4.90 Å². The van der Waals surface area contributed by atoms with Crippen molar-refractivity contribution in [1.82, 2.24) is 9.88 Å². The lowest BCUT2D eigenvalue weighted by Crippen LogP contribution is -2.37. The molecule has 2 aromatic carbocycles. The molecule has 2 heterocycles. The second-order valence-corrected chi connectivity index (χ2v) is 7.00. The second kappa shape index (κ2) is 7.28. The second-order valence-electron chi connectivity index (χ2n) is 7.00. The predicted octanol–water partition coefficient (Wildman–Crippen LogP) is 4.63. The Morgan fingerprint density at radius 3 is 2.64 bits per heavy atom. The van der Waals surface area contributed by atoms with Crippen molar-refractivity contribution < 1.29 is 4.39 Å². The number of fused-ring (bicyclic) bond motifs is 1. The van der Waals surface area contributed by atoms with Gasteiger partial charge in [0.1, 0.15) is 11.6 Å². The Hall–Kier alpha value is -2.33. The van der Waals surface area contributed by atoms with Gasteiger partial charge in [0.25, 0.3) is 0 Å². The molecule has 1 aliphatic rings. The lowest BCUT2D eigenvalue weighted by Gasteiger charge is -2.32. The highest BCUT2D eigenvalue weighted by molar-refractivity contribution is 5.83. The number of nitrogens with one attached hydrogen (secondary N) is 2. The Morgan fingerprint density at radius 1 is 1.04 bits per heavy atom. The summed E-state index contributed by atoms with van der Waals surface area (Å²) in [4.78, 5) is 5.75. The average molecular weight is 337 g/mol. The van der Waals surface area contributed by atoms with E-state index in [1.54, 1.807) is 12.1 Å². The van der Waals surface area contributed by atoms with Gasteiger partial charge in [-0.15, -0.1) is 0 Å². The minimum atomic E-state index is -0.196. The lowest BCUT2D eigenvalue weighted by atomic mass is 9.90. The zero-order valence-electron chi connectivity index (χ0n) is 14.3. The molecule has 1 saturated heterocycles. The third-order valence-electron chi connectivity index (χ3n) is 5.15. The van der Waals surface area contributed by atoms with Gasteiger partial charge in [-0.05, 0) is 55.0 Å². The molecule has 0 unspecified atom stereocenters. The van der Waals surface area contributed by atoms with Gasteiger partial charge in [0.15, 0.2) is 0 Å². The van der Waals surface area contributed by atoms with E-state index in [1.807, 2.05) is 6.07 Å². The number of aromatic nitrogens is 1. The molecule has 0 aliphatic carbocycles. The molecule has 1 aromatic heterocycles. The summed E-state index contributed by atoms with van der Waals surface area (Å²) in [5.74, 6) is 1.54. The zero-order valence-corrected chi connectivity index (χ0v) is 14.3. The molecular formula is C21H24FN3. The summed E-state index contributed by atoms with van der Waals surface area (Å²) < 4.78 is 13.3. The molecule has 2 N–H and O–H groups in total. The highest BCUT2D eigenvalue weighted by atomic mass is 19.1. The van der Waals surface area contributed by atoms with Crippen molar-refractivity contribution in [3.8, 4) is 0 Å². The number of piperidine rings is 1. The van der Waals surface area contributed by atoms with Crippen LogP contribution in [0.1, 0.15) is 18.4 Å². The summed E-state index contributed by atoms with van der Waals surface area (Å²) in [6.07, 6.45) is 3.68. The predicted molar refractivity (Wildman–Crippen MR) is 101 cm³/mol. The molecule has 0 bridgehead atoms. The van der Waals surface area contributed by atoms with E-state index in [0.717, 1.165) is 42.4 Å². The van der Waals surface area contributed by atoms with Gasteiger partial charge < -0.3 is 10.3 Å². The van der Waals surface area contributed by atoms with Crippen LogP contribution in [0.3, 0.4) is 0 Å². The molecule has 25 heavy (non-hydrogen) atoms. The fourth-order valence-corrected chi connectivity index (χ4v) is 3.69. The first kappa shape index (κ1) is 16.2. The molecule has 1 fully saturated rings. The van der Waals surface area contributed by atoms with Gasteiger partial charge in [0, 0.05) is 24.0 Å². The van der Waals surface area contributed by atoms with Crippen LogP contribution < -0.4 is 5.32 Å². The van der Waals surface area contributed by atoms with E-state index in [0.29, 0.717) is 0 Å². The van der Waals surface area contributed by atoms with Crippen LogP contribution in [0.5, 0.6) is 0 Å². The van der Waals surface area contributed by atoms with Crippen LogP contribution in [0.2, 0.25) is 0 Å². The highest BCUT2D eigenvalue weighted by Gasteiger charge is 2.19. The van der Waals surface area contributed by atoms with Crippen LogP contribution in [0.25, 0.3) is 10.9 Å². The molecule has 3 nitrogen and oxygen atoms in total. The van der Waals surface area contributed by atoms with E-state index in [9.17, 15) is 4.39 Å². The topological polar surface area (TPSA) is 31.1 Å². The van der Waals surface area contributed by atoms with E-state index < -0.39 is 0 Å². The molecule has 4 heteroatoms. The lowest BCUT2D eigenvalue weighted by molar-refractivity contribution is 0.194. The Morgan fingerprint density at radius 2 is 1.84 bits per heavy atom. The van der Waals surface area contributed by atoms with E-state index in [2.05, 4.69) is 45.5 Å². The van der Waals surface area contributed by atoms with E-state index in [4.69, 9.17) is 0 Å². The van der Waals surface area contributed by atoms with Crippen molar-refractivity contribution in [3.05, 3.63) is 66.0 Å². The van der Waals surface area contributed by atoms with Crippen molar-refractivity contribution in [3.63, 3.8) is 0 Å². The van der Waals surface area contributed by atoms with Crippen molar-refractivity contribution in [2.45, 2.75) is 19.3 Å². The summed E-state index contributed by atoms with van der Waals surface area (Å²) in [6, 6.07) is 17.6. The van der Waals surface area contributed by atoms with Crippen LogP contribution >= 0.6 is 0 Å². The molecule has 0 amide bonds. The number of nitrogens with zero attached hydrogens (tertiary/aromatic N) is 1. The van der Waals surface area contributed by atoms with Crippen LogP contribution in [-0.4, -0.2) is 29.6 Å². The van der Waals surface area contributed by atoms with Crippen molar-refractivity contribution >= 4 is 16.7 Å². The quantitative estimate of drug-likeness (QED) is 0.711. The van der Waals surface area contributed by atoms with Crippen molar-refractivity contribution in [2.24, 2.45) is 5.92 Å². The number of benzene rings is 2. The SMILES string of the molecule is Fc1ccc2[nH]c(NCN3CCC(Cc4ccccc4)CC3)cc2c1. The minimum Gasteiger partial charge on any atom is -0.359 e. The Kier molecular flexibility index (Phi) is 4.70. The normalized spacial score (nSPS) is 16.4. The molecule has 0 spiro atoms. The van der Waals surface area contributed by atoms with Gasteiger partial charge >= 0.3 is 0 Å². The van der Waals surface area contributed by atoms with Gasteiger partial charge in [-0.2, -0.15) is 0 Å². The summed E-state index contributed by atoms with van der Waals surface area (Å²) >= 11 is 0. The van der Waals surface area contributed by atoms with E-state index in [-0.39, 0.29) is 5.82 Å². The third kappa shape index (κ3) is 4.02. The largest absolute Gasteiger partial charge is 0.359 e. The number of halogens is 1. The third-order valence-corrected chi connectivity index (χ3v) is 5.15. The minimum absolute atomic E-state index is 0.196. The fraction of sp³-hybridized carbons (Fsp3) is 0.333. The molecule has 3 aromatic rings. The van der Waals surface area contributed by atoms with Crippen LogP contribution in [0, 0.1) is 11.7 Å². The summed E-state index contributed by atoms with van der Waals surface area (Å²) in [6.45, 7) is 3.08. The number of hydrogen-bond acceptors (Lipinski definition) is 2. The van der Waals surface area contributed by atoms with Gasteiger partial charge in [-0.1, -0.05) is 30.3 Å². The fourth-order valence-electron chi connectivity index (χ4n) is 3.69. The first-order valence-corrected chi connectivity index (χ1v) is 9.05. The number of anilines is 1. The number of likely N-dealkylation sites (tertiary alicyclic amines) is 1. The molecule has 4 rings (SSSR count). The first-order valence-electron chi connectivity index (χ1n) is 9.05. The molecule has 0 radical (unpaired) electrons. The van der Waals surface area contributed by atoms with E-state index in [1.165, 1.54) is 30.9 Å². The molecule has 1 aliphatic heterocycles. The maximum absolute atomic E-state index is 13.3. The standard InChI is InChI=1S/C21H24FN3/c22-19-6-7-20-18(13-19)14-21(24-20)23-15-25-10-8-17(9-11-25)12-16-4-2-1-3-5-16/h1-7,13-14,17,23-24H,8-12,15H2. The Labute approximate surface area is 147 Å². The molecule has 0 saturated carbocycles. The summed E-state index contributed by atoms with van der Waals surface area (Å²) in [7, 11) is 0. The smallest absolute Gasteiger partial charge is 0.123 e. The highest BCUT2D eigenvalue weighted by Crippen LogP contribution is 2.23. The summed E-state index contributed by atoms with van der Waals surface area (Å²) in [5, 5.41) is 4.34. The van der Waals surface area contributed by atoms with Crippen LogP contribution in [0.15, 0.2) is 54.6 Å². The van der Waals surface area contributed by atoms with Gasteiger partial charge in [0.05, 0.1) is 6.67 Å². The molecule has 130 valence electrons. The first-order chi connectivity index (χ1) is 12.3.